The summed E-state index contributed by atoms with van der Waals surface area (Å²) in [7, 11) is 0. The molecule has 20 heavy (non-hydrogen) atoms. The number of benzene rings is 1. The highest BCUT2D eigenvalue weighted by Gasteiger charge is 2.21. The number of hydrogen-bond acceptors (Lipinski definition) is 2. The van der Waals surface area contributed by atoms with Gasteiger partial charge in [-0.15, -0.1) is 0 Å². The van der Waals surface area contributed by atoms with Gasteiger partial charge in [-0.2, -0.15) is 0 Å². The predicted octanol–water partition coefficient (Wildman–Crippen LogP) is 3.56. The lowest BCUT2D eigenvalue weighted by Crippen LogP contribution is -2.35. The number of piperidine rings is 1. The zero-order valence-corrected chi connectivity index (χ0v) is 12.1. The van der Waals surface area contributed by atoms with E-state index in [0.717, 1.165) is 25.9 Å². The normalized spacial score (nSPS) is 20.0. The van der Waals surface area contributed by atoms with Crippen molar-refractivity contribution in [3.63, 3.8) is 0 Å². The van der Waals surface area contributed by atoms with E-state index in [4.69, 9.17) is 16.7 Å². The van der Waals surface area contributed by atoms with E-state index < -0.39 is 5.97 Å². The Morgan fingerprint density at radius 1 is 1.50 bits per heavy atom. The van der Waals surface area contributed by atoms with Crippen molar-refractivity contribution >= 4 is 17.6 Å². The van der Waals surface area contributed by atoms with Crippen molar-refractivity contribution in [2.45, 2.75) is 32.2 Å². The second-order valence-corrected chi connectivity index (χ2v) is 5.85. The molecular weight excluding hydrogens is 281 g/mol. The second-order valence-electron chi connectivity index (χ2n) is 5.41. The van der Waals surface area contributed by atoms with E-state index in [2.05, 4.69) is 4.90 Å². The van der Waals surface area contributed by atoms with Crippen molar-refractivity contribution in [1.29, 1.82) is 0 Å². The molecule has 3 nitrogen and oxygen atoms in total. The fourth-order valence-corrected chi connectivity index (χ4v) is 2.96. The smallest absolute Gasteiger partial charge is 0.303 e. The molecule has 1 aromatic carbocycles. The molecule has 0 bridgehead atoms. The molecule has 0 radical (unpaired) electrons. The number of likely N-dealkylation sites (tertiary alicyclic amines) is 1. The minimum atomic E-state index is -0.747. The lowest BCUT2D eigenvalue weighted by atomic mass is 9.93. The van der Waals surface area contributed by atoms with Gasteiger partial charge in [0.2, 0.25) is 0 Å². The molecule has 1 fully saturated rings. The fraction of sp³-hybridized carbons (Fsp3) is 0.533. The van der Waals surface area contributed by atoms with E-state index in [-0.39, 0.29) is 12.2 Å². The van der Waals surface area contributed by atoms with Crippen LogP contribution in [0.1, 0.15) is 31.2 Å². The Balaban J connectivity index is 1.92. The average Bonchev–Trinajstić information content (AvgIpc) is 2.41. The van der Waals surface area contributed by atoms with Crippen LogP contribution in [-0.2, 0) is 11.3 Å². The molecule has 0 spiro atoms. The van der Waals surface area contributed by atoms with Gasteiger partial charge in [0.25, 0.3) is 0 Å². The summed E-state index contributed by atoms with van der Waals surface area (Å²) in [6.45, 7) is 2.30. The first kappa shape index (κ1) is 15.3. The Morgan fingerprint density at radius 3 is 3.05 bits per heavy atom. The third-order valence-corrected chi connectivity index (χ3v) is 4.01. The van der Waals surface area contributed by atoms with Crippen LogP contribution in [0.15, 0.2) is 18.2 Å². The zero-order chi connectivity index (χ0) is 14.5. The van der Waals surface area contributed by atoms with Crippen molar-refractivity contribution in [3.05, 3.63) is 34.6 Å². The topological polar surface area (TPSA) is 40.5 Å². The van der Waals surface area contributed by atoms with E-state index in [9.17, 15) is 9.18 Å². The summed E-state index contributed by atoms with van der Waals surface area (Å²) < 4.78 is 13.7. The Hall–Kier alpha value is -1.13. The molecule has 1 aliphatic rings. The summed E-state index contributed by atoms with van der Waals surface area (Å²) in [6.07, 6.45) is 3.00. The molecule has 0 amide bonds. The van der Waals surface area contributed by atoms with E-state index in [1.807, 2.05) is 0 Å². The molecule has 1 unspecified atom stereocenters. The van der Waals surface area contributed by atoms with Crippen LogP contribution in [0.25, 0.3) is 0 Å². The number of hydrogen-bond donors (Lipinski definition) is 1. The molecule has 2 rings (SSSR count). The first-order valence-electron chi connectivity index (χ1n) is 6.92. The molecule has 1 atom stereocenters. The van der Waals surface area contributed by atoms with Gasteiger partial charge in [0.1, 0.15) is 5.82 Å². The van der Waals surface area contributed by atoms with Crippen LogP contribution in [0.3, 0.4) is 0 Å². The van der Waals surface area contributed by atoms with Gasteiger partial charge in [-0.05, 0) is 49.9 Å². The highest BCUT2D eigenvalue weighted by atomic mass is 35.5. The van der Waals surface area contributed by atoms with E-state index in [1.165, 1.54) is 6.07 Å². The van der Waals surface area contributed by atoms with Crippen LogP contribution in [0.4, 0.5) is 4.39 Å². The number of rotatable bonds is 5. The van der Waals surface area contributed by atoms with Crippen molar-refractivity contribution < 1.29 is 14.3 Å². The number of nitrogens with zero attached hydrogens (tertiary/aromatic N) is 1. The average molecular weight is 300 g/mol. The SMILES string of the molecule is O=C(O)CCC1CCCN(Cc2cc(Cl)ccc2F)C1. The van der Waals surface area contributed by atoms with Gasteiger partial charge in [-0.3, -0.25) is 9.69 Å². The molecule has 1 aromatic rings. The highest BCUT2D eigenvalue weighted by Crippen LogP contribution is 2.24. The van der Waals surface area contributed by atoms with E-state index >= 15 is 0 Å². The molecule has 1 saturated heterocycles. The molecule has 0 aliphatic carbocycles. The second kappa shape index (κ2) is 7.04. The molecular formula is C15H19ClFNO2. The Kier molecular flexibility index (Phi) is 5.38. The molecule has 0 saturated carbocycles. The summed E-state index contributed by atoms with van der Waals surface area (Å²) in [5.74, 6) is -0.591. The van der Waals surface area contributed by atoms with Crippen LogP contribution in [0.5, 0.6) is 0 Å². The number of aliphatic carboxylic acids is 1. The Morgan fingerprint density at radius 2 is 2.30 bits per heavy atom. The summed E-state index contributed by atoms with van der Waals surface area (Å²) in [4.78, 5) is 12.8. The summed E-state index contributed by atoms with van der Waals surface area (Å²) in [5, 5.41) is 9.28. The van der Waals surface area contributed by atoms with Crippen molar-refractivity contribution in [1.82, 2.24) is 4.90 Å². The first-order valence-corrected chi connectivity index (χ1v) is 7.30. The quantitative estimate of drug-likeness (QED) is 0.904. The number of carbonyl (C=O) groups is 1. The zero-order valence-electron chi connectivity index (χ0n) is 11.3. The predicted molar refractivity (Wildman–Crippen MR) is 76.3 cm³/mol. The number of halogens is 2. The van der Waals surface area contributed by atoms with Crippen molar-refractivity contribution in [2.75, 3.05) is 13.1 Å². The van der Waals surface area contributed by atoms with Crippen molar-refractivity contribution in [3.8, 4) is 0 Å². The largest absolute Gasteiger partial charge is 0.481 e. The number of carboxylic acids is 1. The van der Waals surface area contributed by atoms with E-state index in [0.29, 0.717) is 29.5 Å². The summed E-state index contributed by atoms with van der Waals surface area (Å²) in [5.41, 5.74) is 0.608. The number of carboxylic acid groups (broad SMARTS) is 1. The van der Waals surface area contributed by atoms with Crippen LogP contribution in [0, 0.1) is 11.7 Å². The Labute approximate surface area is 123 Å². The molecule has 1 N–H and O–H groups in total. The van der Waals surface area contributed by atoms with Gasteiger partial charge in [0, 0.05) is 30.1 Å². The van der Waals surface area contributed by atoms with Gasteiger partial charge in [-0.1, -0.05) is 11.6 Å². The third kappa shape index (κ3) is 4.46. The monoisotopic (exact) mass is 299 g/mol. The lowest BCUT2D eigenvalue weighted by molar-refractivity contribution is -0.137. The minimum absolute atomic E-state index is 0.212. The molecule has 1 aliphatic heterocycles. The van der Waals surface area contributed by atoms with Gasteiger partial charge in [-0.25, -0.2) is 4.39 Å². The van der Waals surface area contributed by atoms with Crippen LogP contribution in [0.2, 0.25) is 5.02 Å². The highest BCUT2D eigenvalue weighted by molar-refractivity contribution is 6.30. The van der Waals surface area contributed by atoms with Crippen LogP contribution < -0.4 is 0 Å². The maximum Gasteiger partial charge on any atom is 0.303 e. The van der Waals surface area contributed by atoms with Gasteiger partial charge in [0.05, 0.1) is 0 Å². The van der Waals surface area contributed by atoms with Gasteiger partial charge in [0.15, 0.2) is 0 Å². The lowest BCUT2D eigenvalue weighted by Gasteiger charge is -2.32. The molecule has 1 heterocycles. The first-order chi connectivity index (χ1) is 9.54. The van der Waals surface area contributed by atoms with Gasteiger partial charge >= 0.3 is 5.97 Å². The Bertz CT molecular complexity index is 481. The fourth-order valence-electron chi connectivity index (χ4n) is 2.76. The standard InChI is InChI=1S/C15H19ClFNO2/c16-13-4-5-14(17)12(8-13)10-18-7-1-2-11(9-18)3-6-15(19)20/h4-5,8,11H,1-3,6-7,9-10H2,(H,19,20). The van der Waals surface area contributed by atoms with Crippen molar-refractivity contribution in [2.24, 2.45) is 5.92 Å². The maximum atomic E-state index is 13.7. The summed E-state index contributed by atoms with van der Waals surface area (Å²) in [6, 6.07) is 4.60. The molecule has 5 heteroatoms. The van der Waals surface area contributed by atoms with Crippen LogP contribution >= 0.6 is 11.6 Å². The van der Waals surface area contributed by atoms with Gasteiger partial charge < -0.3 is 5.11 Å². The molecule has 0 aromatic heterocycles. The minimum Gasteiger partial charge on any atom is -0.481 e. The summed E-state index contributed by atoms with van der Waals surface area (Å²) >= 11 is 5.90. The maximum absolute atomic E-state index is 13.7. The third-order valence-electron chi connectivity index (χ3n) is 3.77. The van der Waals surface area contributed by atoms with E-state index in [1.54, 1.807) is 12.1 Å². The molecule has 110 valence electrons. The van der Waals surface area contributed by atoms with Crippen LogP contribution in [-0.4, -0.2) is 29.1 Å².